The smallest absolute Gasteiger partial charge is 0.339 e. The van der Waals surface area contributed by atoms with Crippen molar-refractivity contribution in [2.45, 2.75) is 90.9 Å². The molecule has 0 heterocycles. The van der Waals surface area contributed by atoms with Crippen LogP contribution in [0.1, 0.15) is 112 Å². The monoisotopic (exact) mass is 493 g/mol. The number of ether oxygens (including phenoxy) is 2. The van der Waals surface area contributed by atoms with Gasteiger partial charge in [0.2, 0.25) is 0 Å². The lowest BCUT2D eigenvalue weighted by atomic mass is 10.1. The van der Waals surface area contributed by atoms with Crippen LogP contribution >= 0.6 is 0 Å². The van der Waals surface area contributed by atoms with Gasteiger partial charge in [-0.15, -0.1) is 0 Å². The van der Waals surface area contributed by atoms with Crippen LogP contribution < -0.4 is 16.8 Å². The van der Waals surface area contributed by atoms with Crippen molar-refractivity contribution in [1.82, 2.24) is 5.32 Å². The third-order valence-corrected chi connectivity index (χ3v) is 5.08. The molecule has 0 aromatic heterocycles. The fourth-order valence-corrected chi connectivity index (χ4v) is 3.21. The highest BCUT2D eigenvalue weighted by molar-refractivity contribution is 6.03. The van der Waals surface area contributed by atoms with Crippen LogP contribution in [-0.4, -0.2) is 37.2 Å². The molecule has 1 aromatic carbocycles. The minimum absolute atomic E-state index is 0.293. The number of amides is 4. The number of nitrogens with two attached hydrogens (primary N) is 2. The molecule has 0 saturated heterocycles. The number of carbonyl (C=O) groups excluding carboxylic acids is 4. The molecule has 0 aliphatic carbocycles. The number of rotatable bonds is 16. The molecule has 0 unspecified atom stereocenters. The average Bonchev–Trinajstić information content (AvgIpc) is 2.82. The standard InChI is InChI=1S/C24H38O4.C2H5N3O2/c1-3-5-7-9-11-15-19-27-23(25)21-17-13-14-18-22(21)24(26)28-20-16-12-10-8-6-4-2;3-1(6)5-2(4)7/h13-14,17-18H,3-12,15-16,19-20H2,1-2H3;(H5,3,4,5,6,7). The van der Waals surface area contributed by atoms with E-state index in [1.807, 2.05) is 0 Å². The largest absolute Gasteiger partial charge is 0.462 e. The molecule has 5 N–H and O–H groups in total. The summed E-state index contributed by atoms with van der Waals surface area (Å²) >= 11 is 0. The predicted molar refractivity (Wildman–Crippen MR) is 136 cm³/mol. The third kappa shape index (κ3) is 18.0. The van der Waals surface area contributed by atoms with Crippen molar-refractivity contribution >= 4 is 24.0 Å². The Kier molecular flexibility index (Phi) is 19.5. The quantitative estimate of drug-likeness (QED) is 0.206. The first-order valence-electron chi connectivity index (χ1n) is 12.6. The molecular formula is C26H43N3O6. The van der Waals surface area contributed by atoms with Crippen molar-refractivity contribution in [3.63, 3.8) is 0 Å². The van der Waals surface area contributed by atoms with Gasteiger partial charge in [-0.25, -0.2) is 19.2 Å². The van der Waals surface area contributed by atoms with Gasteiger partial charge in [0, 0.05) is 0 Å². The summed E-state index contributed by atoms with van der Waals surface area (Å²) in [5.41, 5.74) is 9.47. The second-order valence-electron chi connectivity index (χ2n) is 8.21. The minimum Gasteiger partial charge on any atom is -0.462 e. The molecule has 0 fully saturated rings. The Morgan fingerprint density at radius 2 is 0.971 bits per heavy atom. The predicted octanol–water partition coefficient (Wildman–Crippen LogP) is 5.45. The number of hydrogen-bond donors (Lipinski definition) is 3. The zero-order chi connectivity index (χ0) is 26.3. The normalized spacial score (nSPS) is 10.0. The van der Waals surface area contributed by atoms with Gasteiger partial charge in [0.1, 0.15) is 0 Å². The topological polar surface area (TPSA) is 151 Å². The molecule has 0 aliphatic heterocycles. The first kappa shape index (κ1) is 31.9. The Morgan fingerprint density at radius 3 is 1.29 bits per heavy atom. The molecule has 1 rings (SSSR count). The van der Waals surface area contributed by atoms with E-state index >= 15 is 0 Å². The van der Waals surface area contributed by atoms with E-state index in [0.29, 0.717) is 24.3 Å². The number of nitrogens with one attached hydrogen (secondary N) is 1. The van der Waals surface area contributed by atoms with Gasteiger partial charge in [-0.05, 0) is 25.0 Å². The van der Waals surface area contributed by atoms with Crippen LogP contribution in [0.4, 0.5) is 9.59 Å². The van der Waals surface area contributed by atoms with E-state index in [2.05, 4.69) is 25.3 Å². The van der Waals surface area contributed by atoms with Crippen molar-refractivity contribution in [3.05, 3.63) is 35.4 Å². The van der Waals surface area contributed by atoms with Crippen molar-refractivity contribution < 1.29 is 28.7 Å². The maximum atomic E-state index is 12.4. The van der Waals surface area contributed by atoms with Crippen molar-refractivity contribution in [2.24, 2.45) is 11.5 Å². The lowest BCUT2D eigenvalue weighted by Gasteiger charge is -2.10. The number of urea groups is 2. The molecule has 0 bridgehead atoms. The SMILES string of the molecule is CCCCCCCCOC(=O)c1ccccc1C(=O)OCCCCCCCC.NC(=O)NC(N)=O. The minimum atomic E-state index is -0.938. The summed E-state index contributed by atoms with van der Waals surface area (Å²) in [6.07, 6.45) is 13.6. The van der Waals surface area contributed by atoms with E-state index < -0.39 is 24.0 Å². The van der Waals surface area contributed by atoms with Gasteiger partial charge in [0.15, 0.2) is 0 Å². The first-order chi connectivity index (χ1) is 16.8. The second kappa shape index (κ2) is 21.4. The highest BCUT2D eigenvalue weighted by Crippen LogP contribution is 2.14. The van der Waals surface area contributed by atoms with Gasteiger partial charge in [-0.2, -0.15) is 0 Å². The number of unbranched alkanes of at least 4 members (excludes halogenated alkanes) is 10. The van der Waals surface area contributed by atoms with Crippen molar-refractivity contribution in [1.29, 1.82) is 0 Å². The molecule has 0 spiro atoms. The highest BCUT2D eigenvalue weighted by atomic mass is 16.5. The molecular weight excluding hydrogens is 450 g/mol. The Morgan fingerprint density at radius 1 is 0.629 bits per heavy atom. The fraction of sp³-hybridized carbons (Fsp3) is 0.615. The van der Waals surface area contributed by atoms with E-state index in [9.17, 15) is 19.2 Å². The molecule has 198 valence electrons. The Labute approximate surface area is 209 Å². The zero-order valence-corrected chi connectivity index (χ0v) is 21.3. The summed E-state index contributed by atoms with van der Waals surface area (Å²) in [4.78, 5) is 43.9. The summed E-state index contributed by atoms with van der Waals surface area (Å²) in [5.74, 6) is -0.888. The van der Waals surface area contributed by atoms with Gasteiger partial charge in [-0.1, -0.05) is 90.2 Å². The van der Waals surface area contributed by atoms with E-state index in [-0.39, 0.29) is 0 Å². The van der Waals surface area contributed by atoms with Crippen molar-refractivity contribution in [3.8, 4) is 0 Å². The molecule has 1 aromatic rings. The fourth-order valence-electron chi connectivity index (χ4n) is 3.21. The number of imide groups is 1. The number of hydrogen-bond acceptors (Lipinski definition) is 6. The van der Waals surface area contributed by atoms with Gasteiger partial charge in [0.05, 0.1) is 24.3 Å². The van der Waals surface area contributed by atoms with Crippen LogP contribution in [0.5, 0.6) is 0 Å². The number of esters is 2. The van der Waals surface area contributed by atoms with Crippen LogP contribution in [-0.2, 0) is 9.47 Å². The van der Waals surface area contributed by atoms with Crippen LogP contribution in [0.25, 0.3) is 0 Å². The summed E-state index contributed by atoms with van der Waals surface area (Å²) in [7, 11) is 0. The Bertz CT molecular complexity index is 693. The van der Waals surface area contributed by atoms with E-state index in [1.54, 1.807) is 29.6 Å². The number of benzene rings is 1. The molecule has 0 saturated carbocycles. The van der Waals surface area contributed by atoms with Crippen molar-refractivity contribution in [2.75, 3.05) is 13.2 Å². The summed E-state index contributed by atoms with van der Waals surface area (Å²) in [6.45, 7) is 5.17. The molecule has 9 heteroatoms. The summed E-state index contributed by atoms with van der Waals surface area (Å²) in [5, 5.41) is 1.58. The molecule has 9 nitrogen and oxygen atoms in total. The van der Waals surface area contributed by atoms with Crippen LogP contribution in [0.2, 0.25) is 0 Å². The third-order valence-electron chi connectivity index (χ3n) is 5.08. The van der Waals surface area contributed by atoms with Gasteiger partial charge < -0.3 is 20.9 Å². The van der Waals surface area contributed by atoms with E-state index in [1.165, 1.54) is 51.4 Å². The maximum absolute atomic E-state index is 12.4. The molecule has 0 atom stereocenters. The number of primary amides is 2. The lowest BCUT2D eigenvalue weighted by Crippen LogP contribution is -2.38. The van der Waals surface area contributed by atoms with E-state index in [0.717, 1.165) is 25.7 Å². The maximum Gasteiger partial charge on any atom is 0.339 e. The van der Waals surface area contributed by atoms with Gasteiger partial charge in [0.25, 0.3) is 0 Å². The summed E-state index contributed by atoms with van der Waals surface area (Å²) in [6, 6.07) is 4.87. The Hall–Kier alpha value is -3.10. The van der Waals surface area contributed by atoms with Crippen LogP contribution in [0.15, 0.2) is 24.3 Å². The molecule has 4 amide bonds. The molecule has 35 heavy (non-hydrogen) atoms. The van der Waals surface area contributed by atoms with Crippen LogP contribution in [0, 0.1) is 0 Å². The molecule has 0 radical (unpaired) electrons. The average molecular weight is 494 g/mol. The van der Waals surface area contributed by atoms with Gasteiger partial charge in [-0.3, -0.25) is 5.32 Å². The number of carbonyl (C=O) groups is 4. The van der Waals surface area contributed by atoms with Crippen LogP contribution in [0.3, 0.4) is 0 Å². The Balaban J connectivity index is 0.00000143. The van der Waals surface area contributed by atoms with E-state index in [4.69, 9.17) is 9.47 Å². The van der Waals surface area contributed by atoms with Gasteiger partial charge >= 0.3 is 24.0 Å². The first-order valence-corrected chi connectivity index (χ1v) is 12.6. The zero-order valence-electron chi connectivity index (χ0n) is 21.3. The second-order valence-corrected chi connectivity index (χ2v) is 8.21. The summed E-state index contributed by atoms with van der Waals surface area (Å²) < 4.78 is 10.7. The lowest BCUT2D eigenvalue weighted by molar-refractivity contribution is 0.0450. The highest BCUT2D eigenvalue weighted by Gasteiger charge is 2.18. The molecule has 0 aliphatic rings.